The molecule has 0 bridgehead atoms. The summed E-state index contributed by atoms with van der Waals surface area (Å²) < 4.78 is 32.6. The van der Waals surface area contributed by atoms with Gasteiger partial charge in [0.25, 0.3) is 5.56 Å². The highest BCUT2D eigenvalue weighted by Crippen LogP contribution is 2.47. The zero-order valence-electron chi connectivity index (χ0n) is 27.1. The number of guanidine groups is 1. The Bertz CT molecular complexity index is 1920. The first-order valence-corrected chi connectivity index (χ1v) is 16.2. The maximum absolute atomic E-state index is 13.2. The molecule has 5 N–H and O–H groups in total. The highest BCUT2D eigenvalue weighted by atomic mass is 35.5. The monoisotopic (exact) mass is 694 g/mol. The number of benzene rings is 2. The van der Waals surface area contributed by atoms with Crippen LogP contribution in [0.15, 0.2) is 76.9 Å². The normalized spacial score (nSPS) is 20.0. The Balaban J connectivity index is 1.39. The minimum atomic E-state index is -2.76. The smallest absolute Gasteiger partial charge is 0.407 e. The van der Waals surface area contributed by atoms with Crippen LogP contribution >= 0.6 is 11.6 Å². The topological polar surface area (TPSA) is 164 Å². The third kappa shape index (κ3) is 7.30. The molecular weight excluding hydrogens is 658 g/mol. The first kappa shape index (κ1) is 34.1. The van der Waals surface area contributed by atoms with E-state index in [2.05, 4.69) is 20.4 Å². The fraction of sp³-hybridized carbons (Fsp3) is 0.382. The number of halogens is 3. The largest absolute Gasteiger partial charge is 0.447 e. The van der Waals surface area contributed by atoms with Crippen LogP contribution in [0.25, 0.3) is 22.5 Å². The average molecular weight is 695 g/mol. The Morgan fingerprint density at radius 1 is 1.18 bits per heavy atom. The standard InChI is InChI=1S/C34H37ClF2N8O4/c1-33(2,3)18-34(22-7-4-19(5-8-22)21-15-40-44(16-21)30(36)37)29(47)45(31(38)43-34)26(17-49-32(48)41-23-9-10-23)20-6-11-25(35)24(14-20)28-39-13-12-27(46)42-28/h4-8,11-16,23,26,29-30,47H,9-10,17-18H2,1-3H3,(H2,38,43)(H,41,48)(H,39,42,46)/t26-,29+,34-/m1/s1. The van der Waals surface area contributed by atoms with Gasteiger partial charge in [-0.05, 0) is 53.5 Å². The van der Waals surface area contributed by atoms with E-state index in [0.29, 0.717) is 43.9 Å². The van der Waals surface area contributed by atoms with Gasteiger partial charge in [-0.3, -0.25) is 4.79 Å². The number of nitrogens with zero attached hydrogens (tertiary/aromatic N) is 5. The number of alkyl halides is 2. The van der Waals surface area contributed by atoms with E-state index in [1.54, 1.807) is 42.5 Å². The van der Waals surface area contributed by atoms with Crippen LogP contribution < -0.4 is 16.6 Å². The number of carbonyl (C=O) groups is 1. The number of hydrogen-bond acceptors (Lipinski definition) is 9. The first-order valence-electron chi connectivity index (χ1n) is 15.8. The minimum absolute atomic E-state index is 0.0120. The van der Waals surface area contributed by atoms with Gasteiger partial charge in [-0.2, -0.15) is 13.9 Å². The third-order valence-corrected chi connectivity index (χ3v) is 8.83. The van der Waals surface area contributed by atoms with E-state index in [4.69, 9.17) is 27.1 Å². The van der Waals surface area contributed by atoms with Gasteiger partial charge >= 0.3 is 12.6 Å². The van der Waals surface area contributed by atoms with Crippen LogP contribution in [0.4, 0.5) is 13.6 Å². The predicted molar refractivity (Wildman–Crippen MR) is 180 cm³/mol. The molecule has 0 unspecified atom stereocenters. The van der Waals surface area contributed by atoms with Gasteiger partial charge in [-0.15, -0.1) is 0 Å². The quantitative estimate of drug-likeness (QED) is 0.168. The summed E-state index contributed by atoms with van der Waals surface area (Å²) in [6.07, 6.45) is 4.14. The van der Waals surface area contributed by atoms with Gasteiger partial charge in [0.1, 0.15) is 18.0 Å². The van der Waals surface area contributed by atoms with Crippen molar-refractivity contribution in [3.63, 3.8) is 0 Å². The SMILES string of the molecule is CC(C)(C)C[C@]1(c2ccc(-c3cnn(C(F)F)c3)cc2)N=C(N)N([C@H](COC(=O)NC2CC2)c2ccc(Cl)c(-c3nccc(=O)[nH]3)c2)[C@H]1O. The summed E-state index contributed by atoms with van der Waals surface area (Å²) in [6.45, 7) is 3.07. The van der Waals surface area contributed by atoms with Gasteiger partial charge in [0, 0.05) is 35.6 Å². The summed E-state index contributed by atoms with van der Waals surface area (Å²) in [7, 11) is 0. The molecule has 6 rings (SSSR count). The predicted octanol–water partition coefficient (Wildman–Crippen LogP) is 5.56. The van der Waals surface area contributed by atoms with E-state index in [1.807, 2.05) is 20.8 Å². The number of aliphatic imine (C=N–C) groups is 1. The van der Waals surface area contributed by atoms with Crippen LogP contribution in [0.5, 0.6) is 0 Å². The van der Waals surface area contributed by atoms with E-state index >= 15 is 0 Å². The molecule has 0 saturated heterocycles. The van der Waals surface area contributed by atoms with Crippen molar-refractivity contribution in [1.82, 2.24) is 30.0 Å². The third-order valence-electron chi connectivity index (χ3n) is 8.50. The van der Waals surface area contributed by atoms with Crippen molar-refractivity contribution in [3.05, 3.63) is 93.6 Å². The molecule has 3 atom stereocenters. The first-order chi connectivity index (χ1) is 23.2. The molecule has 2 aliphatic rings. The van der Waals surface area contributed by atoms with Crippen molar-refractivity contribution in [1.29, 1.82) is 0 Å². The van der Waals surface area contributed by atoms with Crippen molar-refractivity contribution < 1.29 is 23.4 Å². The highest BCUT2D eigenvalue weighted by molar-refractivity contribution is 6.33. The number of aliphatic hydroxyl groups is 1. The maximum atomic E-state index is 13.2. The number of aromatic nitrogens is 4. The van der Waals surface area contributed by atoms with Crippen LogP contribution in [0.3, 0.4) is 0 Å². The molecule has 1 aliphatic carbocycles. The van der Waals surface area contributed by atoms with Crippen molar-refractivity contribution >= 4 is 23.7 Å². The number of amides is 1. The summed E-state index contributed by atoms with van der Waals surface area (Å²) in [4.78, 5) is 38.2. The average Bonchev–Trinajstić information content (AvgIpc) is 3.64. The lowest BCUT2D eigenvalue weighted by molar-refractivity contribution is -0.0414. The molecule has 49 heavy (non-hydrogen) atoms. The highest BCUT2D eigenvalue weighted by Gasteiger charge is 2.53. The van der Waals surface area contributed by atoms with Crippen LogP contribution in [0.1, 0.15) is 63.8 Å². The van der Waals surface area contributed by atoms with E-state index < -0.39 is 30.5 Å². The number of aliphatic hydroxyl groups excluding tert-OH is 1. The second-order valence-electron chi connectivity index (χ2n) is 13.5. The van der Waals surface area contributed by atoms with Crippen LogP contribution in [0.2, 0.25) is 5.02 Å². The van der Waals surface area contributed by atoms with Crippen molar-refractivity contribution in [2.24, 2.45) is 16.1 Å². The fourth-order valence-electron chi connectivity index (χ4n) is 6.17. The Hall–Kier alpha value is -4.82. The summed E-state index contributed by atoms with van der Waals surface area (Å²) in [5.74, 6) is 0.244. The number of nitrogens with two attached hydrogens (primary N) is 1. The molecule has 1 fully saturated rings. The molecule has 2 aromatic heterocycles. The number of aromatic amines is 1. The number of nitrogens with one attached hydrogen (secondary N) is 2. The number of carbonyl (C=O) groups excluding carboxylic acids is 1. The maximum Gasteiger partial charge on any atom is 0.407 e. The van der Waals surface area contributed by atoms with E-state index in [1.165, 1.54) is 29.6 Å². The number of hydrogen-bond donors (Lipinski definition) is 4. The van der Waals surface area contributed by atoms with Gasteiger partial charge in [-0.25, -0.2) is 19.5 Å². The molecule has 2 aromatic carbocycles. The van der Waals surface area contributed by atoms with Crippen molar-refractivity contribution in [3.8, 4) is 22.5 Å². The van der Waals surface area contributed by atoms with E-state index in [0.717, 1.165) is 12.8 Å². The lowest BCUT2D eigenvalue weighted by Gasteiger charge is -2.40. The lowest BCUT2D eigenvalue weighted by atomic mass is 9.75. The Labute approximate surface area is 286 Å². The van der Waals surface area contributed by atoms with E-state index in [9.17, 15) is 23.5 Å². The second-order valence-corrected chi connectivity index (χ2v) is 13.9. The van der Waals surface area contributed by atoms with Gasteiger partial charge < -0.3 is 30.8 Å². The molecule has 12 nitrogen and oxygen atoms in total. The van der Waals surface area contributed by atoms with Crippen molar-refractivity contribution in [2.45, 2.75) is 70.4 Å². The Kier molecular flexibility index (Phi) is 9.20. The molecular formula is C34H37ClF2N8O4. The van der Waals surface area contributed by atoms with Gasteiger partial charge in [0.05, 0.1) is 17.3 Å². The fourth-order valence-corrected chi connectivity index (χ4v) is 6.38. The molecule has 15 heteroatoms. The van der Waals surface area contributed by atoms with Gasteiger partial charge in [0.2, 0.25) is 0 Å². The van der Waals surface area contributed by atoms with Gasteiger partial charge in [-0.1, -0.05) is 62.7 Å². The number of H-pyrrole nitrogens is 1. The molecule has 0 spiro atoms. The van der Waals surface area contributed by atoms with Crippen LogP contribution in [-0.2, 0) is 10.3 Å². The Morgan fingerprint density at radius 2 is 1.92 bits per heavy atom. The summed E-state index contributed by atoms with van der Waals surface area (Å²) in [5, 5.41) is 19.2. The van der Waals surface area contributed by atoms with Crippen LogP contribution in [0, 0.1) is 5.41 Å². The van der Waals surface area contributed by atoms with E-state index in [-0.39, 0.29) is 35.4 Å². The summed E-state index contributed by atoms with van der Waals surface area (Å²) in [6, 6.07) is 12.6. The molecule has 1 amide bonds. The summed E-state index contributed by atoms with van der Waals surface area (Å²) in [5.41, 5.74) is 7.45. The molecule has 258 valence electrons. The van der Waals surface area contributed by atoms with Crippen LogP contribution in [-0.4, -0.2) is 60.7 Å². The van der Waals surface area contributed by atoms with Crippen molar-refractivity contribution in [2.75, 3.05) is 6.61 Å². The number of alkyl carbamates (subject to hydrolysis) is 1. The Morgan fingerprint density at radius 3 is 2.55 bits per heavy atom. The zero-order chi connectivity index (χ0) is 35.1. The number of rotatable bonds is 10. The number of ether oxygens (including phenoxy) is 1. The van der Waals surface area contributed by atoms with Gasteiger partial charge in [0.15, 0.2) is 12.2 Å². The molecule has 3 heterocycles. The molecule has 1 aliphatic heterocycles. The zero-order valence-corrected chi connectivity index (χ0v) is 27.9. The summed E-state index contributed by atoms with van der Waals surface area (Å²) >= 11 is 6.56. The minimum Gasteiger partial charge on any atom is -0.447 e. The molecule has 4 aromatic rings. The lowest BCUT2D eigenvalue weighted by Crippen LogP contribution is -2.51. The molecule has 0 radical (unpaired) electrons. The second kappa shape index (κ2) is 13.2. The molecule has 1 saturated carbocycles.